The number of rotatable bonds is 6. The van der Waals surface area contributed by atoms with E-state index in [4.69, 9.17) is 9.47 Å². The molecule has 1 radical (unpaired) electrons. The van der Waals surface area contributed by atoms with Crippen molar-refractivity contribution < 1.29 is 14.3 Å². The average Bonchev–Trinajstić information content (AvgIpc) is 2.29. The SMILES string of the molecule is COc1cccc(CCC[C]=O)c1OC. The summed E-state index contributed by atoms with van der Waals surface area (Å²) < 4.78 is 10.5. The summed E-state index contributed by atoms with van der Waals surface area (Å²) in [5, 5.41) is 0. The fourth-order valence-electron chi connectivity index (χ4n) is 1.50. The average molecular weight is 207 g/mol. The lowest BCUT2D eigenvalue weighted by Crippen LogP contribution is -1.96. The standard InChI is InChI=1S/C12H15O3/c1-14-11-8-5-7-10(12(11)15-2)6-3-4-9-13/h5,7-8H,3-4,6H2,1-2H3. The molecule has 0 spiro atoms. The van der Waals surface area contributed by atoms with E-state index < -0.39 is 0 Å². The number of para-hydroxylation sites is 1. The molecule has 0 amide bonds. The fraction of sp³-hybridized carbons (Fsp3) is 0.417. The molecule has 1 aromatic carbocycles. The first kappa shape index (κ1) is 11.6. The van der Waals surface area contributed by atoms with Crippen LogP contribution in [0.25, 0.3) is 0 Å². The molecule has 0 heterocycles. The minimum absolute atomic E-state index is 0.459. The summed E-state index contributed by atoms with van der Waals surface area (Å²) in [6.07, 6.45) is 3.93. The topological polar surface area (TPSA) is 35.5 Å². The van der Waals surface area contributed by atoms with Crippen LogP contribution in [0.3, 0.4) is 0 Å². The molecule has 0 unspecified atom stereocenters. The first-order valence-electron chi connectivity index (χ1n) is 4.88. The Bertz CT molecular complexity index is 321. The van der Waals surface area contributed by atoms with Crippen LogP contribution in [-0.4, -0.2) is 20.5 Å². The number of ether oxygens (including phenoxy) is 2. The monoisotopic (exact) mass is 207 g/mol. The van der Waals surface area contributed by atoms with Crippen molar-refractivity contribution in [2.75, 3.05) is 14.2 Å². The van der Waals surface area contributed by atoms with Gasteiger partial charge in [0.15, 0.2) is 17.8 Å². The second-order valence-electron chi connectivity index (χ2n) is 3.15. The summed E-state index contributed by atoms with van der Waals surface area (Å²) in [5.41, 5.74) is 1.06. The maximum atomic E-state index is 10.1. The highest BCUT2D eigenvalue weighted by Crippen LogP contribution is 2.31. The van der Waals surface area contributed by atoms with Crippen molar-refractivity contribution in [3.8, 4) is 11.5 Å². The molecule has 0 fully saturated rings. The van der Waals surface area contributed by atoms with Crippen molar-refractivity contribution in [1.29, 1.82) is 0 Å². The summed E-state index contributed by atoms with van der Waals surface area (Å²) in [7, 11) is 3.23. The lowest BCUT2D eigenvalue weighted by molar-refractivity contribution is 0.351. The van der Waals surface area contributed by atoms with E-state index in [1.165, 1.54) is 0 Å². The molecule has 0 bridgehead atoms. The number of unbranched alkanes of at least 4 members (excludes halogenated alkanes) is 1. The normalized spacial score (nSPS) is 9.73. The number of hydrogen-bond acceptors (Lipinski definition) is 3. The third kappa shape index (κ3) is 2.98. The van der Waals surface area contributed by atoms with Gasteiger partial charge in [0.1, 0.15) is 0 Å². The van der Waals surface area contributed by atoms with Crippen LogP contribution in [0.15, 0.2) is 18.2 Å². The highest BCUT2D eigenvalue weighted by molar-refractivity contribution is 5.51. The molecule has 0 saturated heterocycles. The number of methoxy groups -OCH3 is 2. The second kappa shape index (κ2) is 6.06. The summed E-state index contributed by atoms with van der Waals surface area (Å²) in [6.45, 7) is 0. The molecule has 0 aromatic heterocycles. The summed E-state index contributed by atoms with van der Waals surface area (Å²) in [6, 6.07) is 5.75. The number of hydrogen-bond donors (Lipinski definition) is 0. The Morgan fingerprint density at radius 2 is 2.07 bits per heavy atom. The van der Waals surface area contributed by atoms with Crippen LogP contribution in [0.4, 0.5) is 0 Å². The molecular formula is C12H15O3. The van der Waals surface area contributed by atoms with Crippen LogP contribution in [0.1, 0.15) is 18.4 Å². The van der Waals surface area contributed by atoms with Crippen molar-refractivity contribution >= 4 is 6.29 Å². The highest BCUT2D eigenvalue weighted by Gasteiger charge is 2.08. The van der Waals surface area contributed by atoms with E-state index >= 15 is 0 Å². The van der Waals surface area contributed by atoms with E-state index in [0.717, 1.165) is 29.9 Å². The van der Waals surface area contributed by atoms with Gasteiger partial charge in [-0.25, -0.2) is 0 Å². The molecule has 0 aliphatic carbocycles. The van der Waals surface area contributed by atoms with Crippen LogP contribution in [0.5, 0.6) is 11.5 Å². The maximum absolute atomic E-state index is 10.1. The van der Waals surface area contributed by atoms with E-state index in [0.29, 0.717) is 6.42 Å². The Hall–Kier alpha value is -1.51. The lowest BCUT2D eigenvalue weighted by Gasteiger charge is -2.11. The van der Waals surface area contributed by atoms with Crippen LogP contribution in [-0.2, 0) is 11.2 Å². The number of carbonyl (C=O) groups excluding carboxylic acids is 1. The summed E-state index contributed by atoms with van der Waals surface area (Å²) >= 11 is 0. The van der Waals surface area contributed by atoms with Gasteiger partial charge in [0.05, 0.1) is 14.2 Å². The largest absolute Gasteiger partial charge is 0.493 e. The van der Waals surface area contributed by atoms with E-state index in [1.807, 2.05) is 24.5 Å². The van der Waals surface area contributed by atoms with Crippen molar-refractivity contribution in [3.05, 3.63) is 23.8 Å². The Morgan fingerprint density at radius 3 is 2.67 bits per heavy atom. The van der Waals surface area contributed by atoms with Gasteiger partial charge in [-0.3, -0.25) is 4.79 Å². The van der Waals surface area contributed by atoms with Gasteiger partial charge in [0.2, 0.25) is 0 Å². The first-order valence-corrected chi connectivity index (χ1v) is 4.88. The third-order valence-corrected chi connectivity index (χ3v) is 2.21. The number of benzene rings is 1. The predicted octanol–water partition coefficient (Wildman–Crippen LogP) is 2.14. The predicted molar refractivity (Wildman–Crippen MR) is 58.2 cm³/mol. The quantitative estimate of drug-likeness (QED) is 0.670. The van der Waals surface area contributed by atoms with Gasteiger partial charge in [0, 0.05) is 6.42 Å². The van der Waals surface area contributed by atoms with Gasteiger partial charge < -0.3 is 9.47 Å². The molecule has 3 nitrogen and oxygen atoms in total. The van der Waals surface area contributed by atoms with Crippen LogP contribution < -0.4 is 9.47 Å². The van der Waals surface area contributed by atoms with Crippen LogP contribution >= 0.6 is 0 Å². The minimum atomic E-state index is 0.459. The molecule has 0 N–H and O–H groups in total. The van der Waals surface area contributed by atoms with Gasteiger partial charge in [-0.05, 0) is 24.5 Å². The zero-order valence-corrected chi connectivity index (χ0v) is 9.08. The van der Waals surface area contributed by atoms with Crippen molar-refractivity contribution in [2.24, 2.45) is 0 Å². The van der Waals surface area contributed by atoms with E-state index in [2.05, 4.69) is 0 Å². The Balaban J connectivity index is 2.81. The molecule has 1 rings (SSSR count). The molecule has 0 aliphatic rings. The molecule has 0 saturated carbocycles. The van der Waals surface area contributed by atoms with Crippen molar-refractivity contribution in [1.82, 2.24) is 0 Å². The van der Waals surface area contributed by atoms with Crippen LogP contribution in [0, 0.1) is 0 Å². The molecule has 15 heavy (non-hydrogen) atoms. The van der Waals surface area contributed by atoms with Gasteiger partial charge in [-0.1, -0.05) is 12.1 Å². The third-order valence-electron chi connectivity index (χ3n) is 2.21. The van der Waals surface area contributed by atoms with E-state index in [9.17, 15) is 4.79 Å². The smallest absolute Gasteiger partial charge is 0.198 e. The molecule has 0 aliphatic heterocycles. The van der Waals surface area contributed by atoms with Gasteiger partial charge >= 0.3 is 0 Å². The zero-order chi connectivity index (χ0) is 11.1. The van der Waals surface area contributed by atoms with Crippen molar-refractivity contribution in [2.45, 2.75) is 19.3 Å². The van der Waals surface area contributed by atoms with E-state index in [1.54, 1.807) is 14.2 Å². The zero-order valence-electron chi connectivity index (χ0n) is 9.08. The molecule has 1 aromatic rings. The highest BCUT2D eigenvalue weighted by atomic mass is 16.5. The fourth-order valence-corrected chi connectivity index (χ4v) is 1.50. The minimum Gasteiger partial charge on any atom is -0.493 e. The lowest BCUT2D eigenvalue weighted by atomic mass is 10.1. The molecule has 3 heteroatoms. The Kier molecular flexibility index (Phi) is 4.68. The second-order valence-corrected chi connectivity index (χ2v) is 3.15. The van der Waals surface area contributed by atoms with E-state index in [-0.39, 0.29) is 0 Å². The maximum Gasteiger partial charge on any atom is 0.198 e. The summed E-state index contributed by atoms with van der Waals surface area (Å²) in [4.78, 5) is 10.1. The summed E-state index contributed by atoms with van der Waals surface area (Å²) in [5.74, 6) is 1.48. The van der Waals surface area contributed by atoms with Gasteiger partial charge in [0.25, 0.3) is 0 Å². The number of aryl methyl sites for hydroxylation is 1. The molecular weight excluding hydrogens is 192 g/mol. The Labute approximate surface area is 90.0 Å². The van der Waals surface area contributed by atoms with Crippen molar-refractivity contribution in [3.63, 3.8) is 0 Å². The van der Waals surface area contributed by atoms with Gasteiger partial charge in [-0.15, -0.1) is 0 Å². The van der Waals surface area contributed by atoms with Crippen LogP contribution in [0.2, 0.25) is 0 Å². The Morgan fingerprint density at radius 1 is 1.27 bits per heavy atom. The first-order chi connectivity index (χ1) is 7.33. The van der Waals surface area contributed by atoms with Gasteiger partial charge in [-0.2, -0.15) is 0 Å². The molecule has 81 valence electrons. The molecule has 0 atom stereocenters.